The third-order valence-electron chi connectivity index (χ3n) is 5.83. The summed E-state index contributed by atoms with van der Waals surface area (Å²) >= 11 is 1.73. The number of nitrogens with zero attached hydrogens (tertiary/aromatic N) is 2. The average Bonchev–Trinajstić information content (AvgIpc) is 3.05. The minimum absolute atomic E-state index is 0.0152. The van der Waals surface area contributed by atoms with E-state index in [1.54, 1.807) is 11.8 Å². The second-order valence-corrected chi connectivity index (χ2v) is 8.15. The predicted molar refractivity (Wildman–Crippen MR) is 93.1 cm³/mol. The number of rotatable bonds is 0. The van der Waals surface area contributed by atoms with Crippen LogP contribution in [0.25, 0.3) is 11.3 Å². The van der Waals surface area contributed by atoms with Gasteiger partial charge in [0.15, 0.2) is 5.16 Å². The molecule has 3 nitrogen and oxygen atoms in total. The van der Waals surface area contributed by atoms with Crippen LogP contribution in [-0.2, 0) is 18.4 Å². The molecule has 0 amide bonds. The van der Waals surface area contributed by atoms with Crippen LogP contribution in [0.1, 0.15) is 43.2 Å². The predicted octanol–water partition coefficient (Wildman–Crippen LogP) is 3.77. The first-order valence-corrected chi connectivity index (χ1v) is 9.63. The molecule has 1 fully saturated rings. The Kier molecular flexibility index (Phi) is 2.99. The minimum atomic E-state index is 0.0152. The van der Waals surface area contributed by atoms with Crippen molar-refractivity contribution in [2.75, 3.05) is 5.75 Å². The second-order valence-electron chi connectivity index (χ2n) is 7.09. The van der Waals surface area contributed by atoms with Gasteiger partial charge in [0.05, 0.1) is 5.69 Å². The maximum atomic E-state index is 12.7. The summed E-state index contributed by atoms with van der Waals surface area (Å²) in [6, 6.07) is 8.80. The zero-order valence-electron chi connectivity index (χ0n) is 13.2. The lowest BCUT2D eigenvalue weighted by Crippen LogP contribution is -2.36. The Morgan fingerprint density at radius 3 is 2.83 bits per heavy atom. The number of aromatic nitrogens is 2. The molecule has 0 N–H and O–H groups in total. The van der Waals surface area contributed by atoms with Crippen LogP contribution >= 0.6 is 11.8 Å². The zero-order chi connectivity index (χ0) is 15.4. The highest BCUT2D eigenvalue weighted by molar-refractivity contribution is 7.99. The van der Waals surface area contributed by atoms with Gasteiger partial charge in [0, 0.05) is 28.8 Å². The molecule has 5 rings (SSSR count). The molecule has 0 radical (unpaired) electrons. The summed E-state index contributed by atoms with van der Waals surface area (Å²) in [5, 5.41) is 0.914. The van der Waals surface area contributed by atoms with Gasteiger partial charge in [0.25, 0.3) is 5.56 Å². The highest BCUT2D eigenvalue weighted by Crippen LogP contribution is 2.51. The van der Waals surface area contributed by atoms with Crippen molar-refractivity contribution in [1.82, 2.24) is 9.55 Å². The maximum absolute atomic E-state index is 12.7. The monoisotopic (exact) mass is 324 g/mol. The van der Waals surface area contributed by atoms with E-state index < -0.39 is 0 Å². The lowest BCUT2D eigenvalue weighted by Gasteiger charge is -2.38. The summed E-state index contributed by atoms with van der Waals surface area (Å²) in [4.78, 5) is 17.2. The number of hydrogen-bond donors (Lipinski definition) is 0. The van der Waals surface area contributed by atoms with Crippen LogP contribution in [-0.4, -0.2) is 15.3 Å². The average molecular weight is 324 g/mol. The molecule has 4 heteroatoms. The molecule has 0 saturated heterocycles. The molecule has 2 heterocycles. The molecular formula is C19H20N2OS. The number of fused-ring (bicyclic) bond motifs is 6. The van der Waals surface area contributed by atoms with Crippen LogP contribution in [0.3, 0.4) is 0 Å². The maximum Gasteiger partial charge on any atom is 0.277 e. The van der Waals surface area contributed by atoms with Gasteiger partial charge in [-0.1, -0.05) is 48.9 Å². The molecule has 2 aliphatic carbocycles. The molecule has 2 aromatic rings. The molecule has 3 aliphatic rings. The first kappa shape index (κ1) is 13.8. The fourth-order valence-corrected chi connectivity index (χ4v) is 5.77. The molecule has 118 valence electrons. The van der Waals surface area contributed by atoms with E-state index in [0.29, 0.717) is 0 Å². The molecule has 0 unspecified atom stereocenters. The van der Waals surface area contributed by atoms with E-state index in [1.807, 2.05) is 0 Å². The number of benzene rings is 1. The van der Waals surface area contributed by atoms with Crippen molar-refractivity contribution in [3.63, 3.8) is 0 Å². The van der Waals surface area contributed by atoms with E-state index in [-0.39, 0.29) is 11.0 Å². The Morgan fingerprint density at radius 2 is 1.96 bits per heavy atom. The quantitative estimate of drug-likeness (QED) is 0.692. The highest BCUT2D eigenvalue weighted by atomic mass is 32.2. The Balaban J connectivity index is 1.84. The summed E-state index contributed by atoms with van der Waals surface area (Å²) in [5.41, 5.74) is 5.10. The normalized spacial score (nSPS) is 20.9. The van der Waals surface area contributed by atoms with E-state index in [9.17, 15) is 4.79 Å². The second kappa shape index (κ2) is 4.97. The smallest absolute Gasteiger partial charge is 0.277 e. The van der Waals surface area contributed by atoms with Crippen molar-refractivity contribution in [3.8, 4) is 11.3 Å². The number of hydrogen-bond acceptors (Lipinski definition) is 3. The van der Waals surface area contributed by atoms with E-state index in [0.717, 1.165) is 35.9 Å². The van der Waals surface area contributed by atoms with E-state index in [4.69, 9.17) is 0 Å². The molecule has 1 saturated carbocycles. The third kappa shape index (κ3) is 1.90. The zero-order valence-corrected chi connectivity index (χ0v) is 14.0. The molecule has 1 aromatic heterocycles. The minimum Gasteiger partial charge on any atom is -0.320 e. The van der Waals surface area contributed by atoms with Gasteiger partial charge in [-0.2, -0.15) is 4.98 Å². The Morgan fingerprint density at radius 1 is 1.13 bits per heavy atom. The van der Waals surface area contributed by atoms with Crippen molar-refractivity contribution in [2.24, 2.45) is 0 Å². The van der Waals surface area contributed by atoms with Gasteiger partial charge in [-0.25, -0.2) is 0 Å². The highest BCUT2D eigenvalue weighted by Gasteiger charge is 2.43. The standard InChI is InChI=1S/C19H20N2OS/c22-17-14-12-19(8-3-4-9-19)15-7-2-1-6-13(15)16(14)21-10-5-11-23-18(21)20-17/h1-2,6-7H,3-5,8-12H2. The van der Waals surface area contributed by atoms with Crippen LogP contribution in [0.15, 0.2) is 34.2 Å². The third-order valence-corrected chi connectivity index (χ3v) is 6.89. The van der Waals surface area contributed by atoms with Gasteiger partial charge < -0.3 is 4.57 Å². The molecule has 1 spiro atoms. The van der Waals surface area contributed by atoms with Crippen LogP contribution in [0.4, 0.5) is 0 Å². The Hall–Kier alpha value is -1.55. The summed E-state index contributed by atoms with van der Waals surface area (Å²) < 4.78 is 2.31. The van der Waals surface area contributed by atoms with Crippen LogP contribution in [0, 0.1) is 0 Å². The van der Waals surface area contributed by atoms with Gasteiger partial charge in [0.1, 0.15) is 0 Å². The van der Waals surface area contributed by atoms with Gasteiger partial charge in [-0.15, -0.1) is 0 Å². The topological polar surface area (TPSA) is 34.9 Å². The summed E-state index contributed by atoms with van der Waals surface area (Å²) in [6.45, 7) is 0.985. The SMILES string of the molecule is O=c1nc2n(c3c1CC1(CCCC1)c1ccccc1-3)CCCS2. The summed E-state index contributed by atoms with van der Waals surface area (Å²) in [7, 11) is 0. The molecular weight excluding hydrogens is 304 g/mol. The van der Waals surface area contributed by atoms with E-state index in [2.05, 4.69) is 33.8 Å². The molecule has 0 bridgehead atoms. The van der Waals surface area contributed by atoms with Crippen molar-refractivity contribution >= 4 is 11.8 Å². The van der Waals surface area contributed by atoms with Gasteiger partial charge in [-0.05, 0) is 31.2 Å². The fourth-order valence-electron chi connectivity index (χ4n) is 4.83. The largest absolute Gasteiger partial charge is 0.320 e. The fraction of sp³-hybridized carbons (Fsp3) is 0.474. The summed E-state index contributed by atoms with van der Waals surface area (Å²) in [6.07, 6.45) is 7.01. The first-order chi connectivity index (χ1) is 11.3. The van der Waals surface area contributed by atoms with Crippen LogP contribution < -0.4 is 5.56 Å². The van der Waals surface area contributed by atoms with Crippen molar-refractivity contribution < 1.29 is 0 Å². The molecule has 1 aliphatic heterocycles. The van der Waals surface area contributed by atoms with Gasteiger partial charge in [0.2, 0.25) is 0 Å². The number of thioether (sulfide) groups is 1. The van der Waals surface area contributed by atoms with E-state index >= 15 is 0 Å². The van der Waals surface area contributed by atoms with Crippen LogP contribution in [0.5, 0.6) is 0 Å². The van der Waals surface area contributed by atoms with Crippen molar-refractivity contribution in [3.05, 3.63) is 45.7 Å². The Labute approximate surface area is 140 Å². The van der Waals surface area contributed by atoms with Crippen molar-refractivity contribution in [1.29, 1.82) is 0 Å². The molecule has 23 heavy (non-hydrogen) atoms. The first-order valence-electron chi connectivity index (χ1n) is 8.65. The lowest BCUT2D eigenvalue weighted by molar-refractivity contribution is 0.424. The van der Waals surface area contributed by atoms with E-state index in [1.165, 1.54) is 42.5 Å². The van der Waals surface area contributed by atoms with Gasteiger partial charge >= 0.3 is 0 Å². The summed E-state index contributed by atoms with van der Waals surface area (Å²) in [5.74, 6) is 1.07. The molecule has 0 atom stereocenters. The van der Waals surface area contributed by atoms with Gasteiger partial charge in [-0.3, -0.25) is 4.79 Å². The van der Waals surface area contributed by atoms with Crippen LogP contribution in [0.2, 0.25) is 0 Å². The molecule has 1 aromatic carbocycles. The lowest BCUT2D eigenvalue weighted by atomic mass is 9.68. The van der Waals surface area contributed by atoms with Crippen molar-refractivity contribution in [2.45, 2.75) is 55.6 Å². The Bertz CT molecular complexity index is 849.